The molecule has 54 heavy (non-hydrogen) atoms. The fraction of sp³-hybridized carbons (Fsp3) is 0.818. The van der Waals surface area contributed by atoms with Gasteiger partial charge in [0.25, 0.3) is 0 Å². The predicted molar refractivity (Wildman–Crippen MR) is 224 cm³/mol. The maximum Gasteiger partial charge on any atom is 0.472 e. The number of likely N-dealkylation sites (N-methyl/N-ethyl adjacent to an activating group) is 1. The van der Waals surface area contributed by atoms with Crippen LogP contribution in [0.5, 0.6) is 0 Å². The van der Waals surface area contributed by atoms with Crippen molar-refractivity contribution in [3.05, 3.63) is 36.5 Å². The number of phosphoric ester groups is 1. The van der Waals surface area contributed by atoms with Crippen molar-refractivity contribution in [3.8, 4) is 0 Å². The summed E-state index contributed by atoms with van der Waals surface area (Å²) in [6.07, 6.45) is 40.5. The van der Waals surface area contributed by atoms with Gasteiger partial charge in [-0.1, -0.05) is 134 Å². The number of carbonyl (C=O) groups excluding carboxylic acids is 2. The number of quaternary nitrogens is 1. The van der Waals surface area contributed by atoms with Crippen LogP contribution >= 0.6 is 7.82 Å². The molecular formula is C44H83NO8P+. The Morgan fingerprint density at radius 3 is 1.48 bits per heavy atom. The van der Waals surface area contributed by atoms with Crippen molar-refractivity contribution in [2.75, 3.05) is 47.5 Å². The lowest BCUT2D eigenvalue weighted by Gasteiger charge is -2.24. The number of phosphoric acid groups is 1. The van der Waals surface area contributed by atoms with Crippen molar-refractivity contribution in [3.63, 3.8) is 0 Å². The van der Waals surface area contributed by atoms with Crippen molar-refractivity contribution in [2.45, 2.75) is 187 Å². The van der Waals surface area contributed by atoms with Gasteiger partial charge < -0.3 is 18.9 Å². The largest absolute Gasteiger partial charge is 0.472 e. The summed E-state index contributed by atoms with van der Waals surface area (Å²) in [5, 5.41) is 0. The molecule has 2 atom stereocenters. The number of hydrogen-bond donors (Lipinski definition) is 1. The van der Waals surface area contributed by atoms with Crippen LogP contribution in [0.25, 0.3) is 0 Å². The molecule has 1 unspecified atom stereocenters. The Hall–Kier alpha value is -1.77. The van der Waals surface area contributed by atoms with Gasteiger partial charge in [-0.15, -0.1) is 0 Å². The highest BCUT2D eigenvalue weighted by atomic mass is 31.2. The number of nitrogens with zero attached hydrogens (tertiary/aromatic N) is 1. The van der Waals surface area contributed by atoms with E-state index in [-0.39, 0.29) is 26.1 Å². The van der Waals surface area contributed by atoms with E-state index in [1.807, 2.05) is 21.1 Å². The molecule has 0 amide bonds. The molecule has 0 saturated carbocycles. The molecule has 10 heteroatoms. The van der Waals surface area contributed by atoms with Gasteiger partial charge in [-0.05, 0) is 70.6 Å². The summed E-state index contributed by atoms with van der Waals surface area (Å²) in [6.45, 7) is 4.35. The average molecular weight is 785 g/mol. The number of esters is 2. The summed E-state index contributed by atoms with van der Waals surface area (Å²) < 4.78 is 34.2. The summed E-state index contributed by atoms with van der Waals surface area (Å²) in [5.41, 5.74) is 0. The van der Waals surface area contributed by atoms with E-state index in [1.165, 1.54) is 96.3 Å². The number of carbonyl (C=O) groups is 2. The molecule has 0 saturated heterocycles. The number of allylic oxidation sites excluding steroid dienone is 6. The second kappa shape index (κ2) is 36.8. The lowest BCUT2D eigenvalue weighted by Crippen LogP contribution is -2.37. The summed E-state index contributed by atoms with van der Waals surface area (Å²) in [7, 11) is 1.45. The Kier molecular flexibility index (Phi) is 35.6. The number of hydrogen-bond acceptors (Lipinski definition) is 7. The molecule has 0 spiro atoms. The maximum absolute atomic E-state index is 12.7. The third-order valence-electron chi connectivity index (χ3n) is 9.14. The Balaban J connectivity index is 4.45. The lowest BCUT2D eigenvalue weighted by atomic mass is 10.1. The molecule has 1 N–H and O–H groups in total. The van der Waals surface area contributed by atoms with E-state index in [0.717, 1.165) is 44.9 Å². The van der Waals surface area contributed by atoms with Crippen LogP contribution in [-0.4, -0.2) is 74.9 Å². The molecule has 0 bridgehead atoms. The minimum absolute atomic E-state index is 0.0233. The van der Waals surface area contributed by atoms with E-state index in [4.69, 9.17) is 18.5 Å². The molecule has 316 valence electrons. The molecular weight excluding hydrogens is 701 g/mol. The highest BCUT2D eigenvalue weighted by molar-refractivity contribution is 7.47. The smallest absolute Gasteiger partial charge is 0.462 e. The van der Waals surface area contributed by atoms with E-state index in [0.29, 0.717) is 23.9 Å². The average Bonchev–Trinajstić information content (AvgIpc) is 3.12. The highest BCUT2D eigenvalue weighted by Crippen LogP contribution is 2.43. The Morgan fingerprint density at radius 1 is 0.574 bits per heavy atom. The van der Waals surface area contributed by atoms with Gasteiger partial charge >= 0.3 is 19.8 Å². The topological polar surface area (TPSA) is 108 Å². The van der Waals surface area contributed by atoms with Crippen molar-refractivity contribution in [2.24, 2.45) is 0 Å². The quantitative estimate of drug-likeness (QED) is 0.0216. The third kappa shape index (κ3) is 39.9. The number of ether oxygens (including phenoxy) is 2. The summed E-state index contributed by atoms with van der Waals surface area (Å²) in [5.74, 6) is -0.862. The second-order valence-corrected chi connectivity index (χ2v) is 17.2. The van der Waals surface area contributed by atoms with Crippen LogP contribution < -0.4 is 0 Å². The molecule has 0 aliphatic carbocycles. The van der Waals surface area contributed by atoms with Crippen molar-refractivity contribution in [1.82, 2.24) is 0 Å². The van der Waals surface area contributed by atoms with Gasteiger partial charge in [0.2, 0.25) is 0 Å². The minimum atomic E-state index is -4.38. The Labute approximate surface area is 331 Å². The van der Waals surface area contributed by atoms with Gasteiger partial charge in [-0.3, -0.25) is 18.6 Å². The third-order valence-corrected chi connectivity index (χ3v) is 10.1. The van der Waals surface area contributed by atoms with Crippen LogP contribution in [-0.2, 0) is 32.7 Å². The molecule has 0 radical (unpaired) electrons. The summed E-state index contributed by atoms with van der Waals surface area (Å²) in [4.78, 5) is 35.3. The van der Waals surface area contributed by atoms with Crippen LogP contribution in [0.15, 0.2) is 36.5 Å². The van der Waals surface area contributed by atoms with E-state index in [9.17, 15) is 19.0 Å². The van der Waals surface area contributed by atoms with Crippen LogP contribution in [0, 0.1) is 0 Å². The highest BCUT2D eigenvalue weighted by Gasteiger charge is 2.27. The normalized spacial score (nSPS) is 14.0. The second-order valence-electron chi connectivity index (χ2n) is 15.7. The van der Waals surface area contributed by atoms with Crippen LogP contribution in [0.1, 0.15) is 181 Å². The number of rotatable bonds is 39. The van der Waals surface area contributed by atoms with E-state index in [1.54, 1.807) is 0 Å². The Morgan fingerprint density at radius 2 is 1.00 bits per heavy atom. The number of unbranched alkanes of at least 4 members (excludes halogenated alkanes) is 19. The van der Waals surface area contributed by atoms with Crippen molar-refractivity contribution in [1.29, 1.82) is 0 Å². The standard InChI is InChI=1S/C44H82NO8P/c1-6-8-10-12-14-16-18-20-22-24-26-28-30-32-34-36-43(46)50-40-42(41-52-54(48,49)51-39-38-45(3,4)5)53-44(47)37-35-33-31-29-27-25-23-21-19-17-15-13-11-9-7-2/h20,22,26-29,42H,6-19,21,23-25,30-41H2,1-5H3/p+1/b22-20+,28-26+,29-27+/t42-/m1/s1. The molecule has 0 aliphatic heterocycles. The zero-order valence-electron chi connectivity index (χ0n) is 35.5. The first-order chi connectivity index (χ1) is 26.0. The first kappa shape index (κ1) is 52.2. The zero-order valence-corrected chi connectivity index (χ0v) is 36.3. The summed E-state index contributed by atoms with van der Waals surface area (Å²) in [6, 6.07) is 0. The molecule has 0 fully saturated rings. The molecule has 0 heterocycles. The molecule has 0 rings (SSSR count). The fourth-order valence-corrected chi connectivity index (χ4v) is 6.43. The van der Waals surface area contributed by atoms with Gasteiger partial charge in [0, 0.05) is 12.8 Å². The molecule has 0 aromatic carbocycles. The first-order valence-electron chi connectivity index (χ1n) is 21.7. The van der Waals surface area contributed by atoms with Crippen LogP contribution in [0.4, 0.5) is 0 Å². The molecule has 0 aromatic heterocycles. The lowest BCUT2D eigenvalue weighted by molar-refractivity contribution is -0.870. The van der Waals surface area contributed by atoms with Gasteiger partial charge in [0.05, 0.1) is 27.7 Å². The van der Waals surface area contributed by atoms with Gasteiger partial charge in [0.15, 0.2) is 6.10 Å². The zero-order chi connectivity index (χ0) is 40.0. The first-order valence-corrected chi connectivity index (χ1v) is 23.2. The maximum atomic E-state index is 12.7. The minimum Gasteiger partial charge on any atom is -0.462 e. The molecule has 0 aliphatic rings. The monoisotopic (exact) mass is 785 g/mol. The van der Waals surface area contributed by atoms with E-state index in [2.05, 4.69) is 50.3 Å². The Bertz CT molecular complexity index is 1020. The molecule has 0 aromatic rings. The summed E-state index contributed by atoms with van der Waals surface area (Å²) >= 11 is 0. The van der Waals surface area contributed by atoms with Crippen LogP contribution in [0.3, 0.4) is 0 Å². The SMILES string of the molecule is CCCCCCCC/C=C/C/C=C/CCCCC(=O)OC[C@H](COP(=O)(O)OCC[N+](C)(C)C)OC(=O)CCCC/C=C/CCCCCCCCCCC. The predicted octanol–water partition coefficient (Wildman–Crippen LogP) is 12.1. The van der Waals surface area contributed by atoms with Crippen LogP contribution in [0.2, 0.25) is 0 Å². The molecule has 9 nitrogen and oxygen atoms in total. The van der Waals surface area contributed by atoms with Gasteiger partial charge in [0.1, 0.15) is 19.8 Å². The van der Waals surface area contributed by atoms with Gasteiger partial charge in [-0.25, -0.2) is 4.57 Å². The van der Waals surface area contributed by atoms with Crippen molar-refractivity contribution >= 4 is 19.8 Å². The fourth-order valence-electron chi connectivity index (χ4n) is 5.68. The van der Waals surface area contributed by atoms with E-state index >= 15 is 0 Å². The van der Waals surface area contributed by atoms with E-state index < -0.39 is 32.5 Å². The van der Waals surface area contributed by atoms with Crippen molar-refractivity contribution < 1.29 is 42.1 Å². The van der Waals surface area contributed by atoms with Gasteiger partial charge in [-0.2, -0.15) is 0 Å².